The minimum Gasteiger partial charge on any atom is -0.325 e. The summed E-state index contributed by atoms with van der Waals surface area (Å²) in [4.78, 5) is 12.4. The third-order valence-corrected chi connectivity index (χ3v) is 5.82. The molecule has 0 aliphatic rings. The Morgan fingerprint density at radius 1 is 1.10 bits per heavy atom. The highest BCUT2D eigenvalue weighted by Crippen LogP contribution is 2.26. The lowest BCUT2D eigenvalue weighted by Gasteiger charge is -2.10. The van der Waals surface area contributed by atoms with E-state index in [0.29, 0.717) is 5.92 Å². The average Bonchev–Trinajstić information content (AvgIpc) is 3.11. The van der Waals surface area contributed by atoms with Gasteiger partial charge in [-0.15, -0.1) is 10.2 Å². The molecule has 1 aromatic heterocycles. The number of thioether (sulfide) groups is 1. The summed E-state index contributed by atoms with van der Waals surface area (Å²) in [6.45, 7) is 11.2. The Bertz CT molecular complexity index is 993. The SMILES string of the molecule is CCn1c(SCC(=O)Nc2ccc(C)cc2C)nnc1-c1ccc(C(C)C)cc1. The van der Waals surface area contributed by atoms with Crippen molar-refractivity contribution in [1.82, 2.24) is 14.8 Å². The smallest absolute Gasteiger partial charge is 0.234 e. The van der Waals surface area contributed by atoms with Gasteiger partial charge in [0.1, 0.15) is 0 Å². The molecule has 3 rings (SSSR count). The Labute approximate surface area is 176 Å². The highest BCUT2D eigenvalue weighted by molar-refractivity contribution is 7.99. The molecule has 0 unspecified atom stereocenters. The topological polar surface area (TPSA) is 59.8 Å². The van der Waals surface area contributed by atoms with Crippen LogP contribution in [-0.4, -0.2) is 26.4 Å². The standard InChI is InChI=1S/C23H28N4OS/c1-6-27-22(19-10-8-18(9-11-19)15(2)3)25-26-23(27)29-14-21(28)24-20-12-7-16(4)13-17(20)5/h7-13,15H,6,14H2,1-5H3,(H,24,28). The van der Waals surface area contributed by atoms with E-state index in [9.17, 15) is 4.79 Å². The van der Waals surface area contributed by atoms with E-state index < -0.39 is 0 Å². The maximum Gasteiger partial charge on any atom is 0.234 e. The molecule has 6 heteroatoms. The number of carbonyl (C=O) groups is 1. The fraction of sp³-hybridized carbons (Fsp3) is 0.348. The van der Waals surface area contributed by atoms with Crippen LogP contribution in [0.15, 0.2) is 47.6 Å². The summed E-state index contributed by atoms with van der Waals surface area (Å²) in [5.74, 6) is 1.57. The zero-order valence-electron chi connectivity index (χ0n) is 17.7. The van der Waals surface area contributed by atoms with Crippen molar-refractivity contribution in [2.45, 2.75) is 52.2 Å². The molecule has 1 amide bonds. The monoisotopic (exact) mass is 408 g/mol. The number of hydrogen-bond acceptors (Lipinski definition) is 4. The minimum atomic E-state index is -0.0459. The van der Waals surface area contributed by atoms with E-state index in [0.717, 1.165) is 34.3 Å². The molecular formula is C23H28N4OS. The molecule has 0 aliphatic carbocycles. The summed E-state index contributed by atoms with van der Waals surface area (Å²) in [7, 11) is 0. The van der Waals surface area contributed by atoms with Crippen LogP contribution in [0, 0.1) is 13.8 Å². The molecule has 0 aliphatic heterocycles. The van der Waals surface area contributed by atoms with Gasteiger partial charge in [0.15, 0.2) is 11.0 Å². The molecule has 0 saturated heterocycles. The summed E-state index contributed by atoms with van der Waals surface area (Å²) < 4.78 is 2.06. The third kappa shape index (κ3) is 5.07. The van der Waals surface area contributed by atoms with Crippen LogP contribution < -0.4 is 5.32 Å². The van der Waals surface area contributed by atoms with Crippen LogP contribution in [0.2, 0.25) is 0 Å². The normalized spacial score (nSPS) is 11.1. The second-order valence-corrected chi connectivity index (χ2v) is 8.42. The molecule has 152 valence electrons. The number of nitrogens with zero attached hydrogens (tertiary/aromatic N) is 3. The Kier molecular flexibility index (Phi) is 6.75. The third-order valence-electron chi connectivity index (χ3n) is 4.86. The van der Waals surface area contributed by atoms with Crippen molar-refractivity contribution in [2.24, 2.45) is 0 Å². The first-order valence-corrected chi connectivity index (χ1v) is 10.9. The van der Waals surface area contributed by atoms with Crippen molar-refractivity contribution in [3.63, 3.8) is 0 Å². The van der Waals surface area contributed by atoms with Gasteiger partial charge in [-0.1, -0.05) is 67.6 Å². The summed E-state index contributed by atoms with van der Waals surface area (Å²) in [6.07, 6.45) is 0. The number of aryl methyl sites for hydroxylation is 2. The molecule has 0 spiro atoms. The minimum absolute atomic E-state index is 0.0459. The number of benzene rings is 2. The van der Waals surface area contributed by atoms with E-state index in [1.54, 1.807) is 0 Å². The summed E-state index contributed by atoms with van der Waals surface area (Å²) in [5, 5.41) is 12.4. The molecule has 0 saturated carbocycles. The van der Waals surface area contributed by atoms with Crippen LogP contribution in [0.25, 0.3) is 11.4 Å². The van der Waals surface area contributed by atoms with Gasteiger partial charge in [0.05, 0.1) is 5.75 Å². The predicted molar refractivity (Wildman–Crippen MR) is 120 cm³/mol. The fourth-order valence-electron chi connectivity index (χ4n) is 3.18. The molecule has 0 radical (unpaired) electrons. The number of carbonyl (C=O) groups excluding carboxylic acids is 1. The van der Waals surface area contributed by atoms with Crippen molar-refractivity contribution in [1.29, 1.82) is 0 Å². The predicted octanol–water partition coefficient (Wildman–Crippen LogP) is 5.44. The van der Waals surface area contributed by atoms with Gasteiger partial charge in [0, 0.05) is 17.8 Å². The average molecular weight is 409 g/mol. The second kappa shape index (κ2) is 9.27. The quantitative estimate of drug-likeness (QED) is 0.529. The van der Waals surface area contributed by atoms with Crippen LogP contribution in [0.4, 0.5) is 5.69 Å². The molecule has 3 aromatic rings. The maximum atomic E-state index is 12.4. The van der Waals surface area contributed by atoms with Gasteiger partial charge in [-0.3, -0.25) is 4.79 Å². The highest BCUT2D eigenvalue weighted by Gasteiger charge is 2.15. The number of aromatic nitrogens is 3. The van der Waals surface area contributed by atoms with Crippen molar-refractivity contribution >= 4 is 23.4 Å². The molecule has 29 heavy (non-hydrogen) atoms. The largest absolute Gasteiger partial charge is 0.325 e. The van der Waals surface area contributed by atoms with E-state index >= 15 is 0 Å². The Hall–Kier alpha value is -2.60. The van der Waals surface area contributed by atoms with Gasteiger partial charge in [-0.05, 0) is 43.9 Å². The fourth-order valence-corrected chi connectivity index (χ4v) is 3.98. The van der Waals surface area contributed by atoms with Gasteiger partial charge < -0.3 is 9.88 Å². The molecule has 1 N–H and O–H groups in total. The summed E-state index contributed by atoms with van der Waals surface area (Å²) in [6, 6.07) is 14.5. The van der Waals surface area contributed by atoms with E-state index in [-0.39, 0.29) is 11.7 Å². The van der Waals surface area contributed by atoms with Crippen molar-refractivity contribution in [3.05, 3.63) is 59.2 Å². The van der Waals surface area contributed by atoms with Gasteiger partial charge in [0.25, 0.3) is 0 Å². The van der Waals surface area contributed by atoms with Gasteiger partial charge in [0.2, 0.25) is 5.91 Å². The zero-order chi connectivity index (χ0) is 21.0. The number of rotatable bonds is 7. The number of anilines is 1. The van der Waals surface area contributed by atoms with Gasteiger partial charge in [-0.2, -0.15) is 0 Å². The van der Waals surface area contributed by atoms with Gasteiger partial charge >= 0.3 is 0 Å². The Morgan fingerprint density at radius 3 is 2.45 bits per heavy atom. The molecule has 0 fully saturated rings. The zero-order valence-corrected chi connectivity index (χ0v) is 18.5. The van der Waals surface area contributed by atoms with E-state index in [1.165, 1.54) is 22.9 Å². The molecule has 0 bridgehead atoms. The molecule has 2 aromatic carbocycles. The maximum absolute atomic E-state index is 12.4. The van der Waals surface area contributed by atoms with Crippen molar-refractivity contribution in [2.75, 3.05) is 11.1 Å². The first-order valence-electron chi connectivity index (χ1n) is 9.92. The van der Waals surface area contributed by atoms with Crippen LogP contribution in [0.5, 0.6) is 0 Å². The molecule has 5 nitrogen and oxygen atoms in total. The van der Waals surface area contributed by atoms with E-state index in [4.69, 9.17) is 0 Å². The van der Waals surface area contributed by atoms with E-state index in [2.05, 4.69) is 71.2 Å². The number of hydrogen-bond donors (Lipinski definition) is 1. The highest BCUT2D eigenvalue weighted by atomic mass is 32.2. The van der Waals surface area contributed by atoms with E-state index in [1.807, 2.05) is 26.0 Å². The number of nitrogens with one attached hydrogen (secondary N) is 1. The first kappa shape index (κ1) is 21.1. The van der Waals surface area contributed by atoms with Crippen molar-refractivity contribution in [3.8, 4) is 11.4 Å². The summed E-state index contributed by atoms with van der Waals surface area (Å²) >= 11 is 1.41. The lowest BCUT2D eigenvalue weighted by Crippen LogP contribution is -2.15. The van der Waals surface area contributed by atoms with Crippen LogP contribution in [0.3, 0.4) is 0 Å². The Balaban J connectivity index is 1.69. The van der Waals surface area contributed by atoms with Gasteiger partial charge in [-0.25, -0.2) is 0 Å². The van der Waals surface area contributed by atoms with Crippen molar-refractivity contribution < 1.29 is 4.79 Å². The molecule has 1 heterocycles. The van der Waals surface area contributed by atoms with Crippen LogP contribution in [-0.2, 0) is 11.3 Å². The molecule has 0 atom stereocenters. The van der Waals surface area contributed by atoms with Crippen LogP contribution >= 0.6 is 11.8 Å². The number of amides is 1. The molecular weight excluding hydrogens is 380 g/mol. The lowest BCUT2D eigenvalue weighted by atomic mass is 10.0. The van der Waals surface area contributed by atoms with Crippen LogP contribution in [0.1, 0.15) is 43.4 Å². The Morgan fingerprint density at radius 2 is 1.83 bits per heavy atom. The summed E-state index contributed by atoms with van der Waals surface area (Å²) in [5.41, 5.74) is 5.43. The lowest BCUT2D eigenvalue weighted by molar-refractivity contribution is -0.113. The first-order chi connectivity index (χ1) is 13.9. The second-order valence-electron chi connectivity index (χ2n) is 7.48.